The summed E-state index contributed by atoms with van der Waals surface area (Å²) in [7, 11) is 0. The number of aromatic nitrogens is 2. The van der Waals surface area contributed by atoms with Gasteiger partial charge in [0.2, 0.25) is 0 Å². The van der Waals surface area contributed by atoms with Gasteiger partial charge in [0, 0.05) is 5.92 Å². The van der Waals surface area contributed by atoms with Gasteiger partial charge >= 0.3 is 0 Å². The Kier molecular flexibility index (Phi) is 1.87. The van der Waals surface area contributed by atoms with Gasteiger partial charge in [0.15, 0.2) is 0 Å². The predicted molar refractivity (Wildman–Crippen MR) is 66.9 cm³/mol. The first-order chi connectivity index (χ1) is 7.63. The van der Waals surface area contributed by atoms with Crippen LogP contribution in [-0.2, 0) is 0 Å². The molecule has 4 nitrogen and oxygen atoms in total. The van der Waals surface area contributed by atoms with E-state index in [9.17, 15) is 0 Å². The first kappa shape index (κ1) is 9.51. The van der Waals surface area contributed by atoms with Crippen LogP contribution < -0.4 is 10.6 Å². The molecule has 16 heavy (non-hydrogen) atoms. The van der Waals surface area contributed by atoms with E-state index in [1.165, 1.54) is 0 Å². The molecule has 0 aliphatic carbocycles. The molecule has 1 aromatic heterocycles. The van der Waals surface area contributed by atoms with Crippen LogP contribution in [0.4, 0.5) is 11.4 Å². The predicted octanol–water partition coefficient (Wildman–Crippen LogP) is 2.87. The Bertz CT molecular complexity index is 498. The van der Waals surface area contributed by atoms with Crippen molar-refractivity contribution < 1.29 is 0 Å². The maximum atomic E-state index is 4.59. The number of nitrogens with zero attached hydrogens (tertiary/aromatic N) is 1. The quantitative estimate of drug-likeness (QED) is 0.687. The van der Waals surface area contributed by atoms with E-state index in [1.807, 2.05) is 0 Å². The average molecular weight is 216 g/mol. The number of fused-ring (bicyclic) bond motifs is 2. The molecule has 0 spiro atoms. The molecule has 2 heterocycles. The fraction of sp³-hybridized carbons (Fsp3) is 0.417. The lowest BCUT2D eigenvalue weighted by molar-refractivity contribution is 0.799. The third-order valence-corrected chi connectivity index (χ3v) is 2.93. The van der Waals surface area contributed by atoms with E-state index in [-0.39, 0.29) is 0 Å². The molecule has 1 atom stereocenters. The number of hydrogen-bond acceptors (Lipinski definition) is 3. The van der Waals surface area contributed by atoms with Crippen LogP contribution in [0.1, 0.15) is 32.5 Å². The Morgan fingerprint density at radius 1 is 1.19 bits per heavy atom. The largest absolute Gasteiger partial charge is 0.364 e. The summed E-state index contributed by atoms with van der Waals surface area (Å²) < 4.78 is 0. The second-order valence-corrected chi connectivity index (χ2v) is 4.70. The van der Waals surface area contributed by atoms with Gasteiger partial charge in [-0.25, -0.2) is 4.98 Å². The van der Waals surface area contributed by atoms with Crippen LogP contribution in [0.15, 0.2) is 12.1 Å². The van der Waals surface area contributed by atoms with Gasteiger partial charge in [-0.15, -0.1) is 0 Å². The molecular weight excluding hydrogens is 200 g/mol. The van der Waals surface area contributed by atoms with Gasteiger partial charge < -0.3 is 15.6 Å². The number of aromatic amines is 1. The molecule has 0 saturated heterocycles. The summed E-state index contributed by atoms with van der Waals surface area (Å²) >= 11 is 0. The van der Waals surface area contributed by atoms with Crippen LogP contribution >= 0.6 is 0 Å². The molecule has 0 radical (unpaired) electrons. The fourth-order valence-corrected chi connectivity index (χ4v) is 2.09. The van der Waals surface area contributed by atoms with Crippen molar-refractivity contribution >= 4 is 22.4 Å². The zero-order chi connectivity index (χ0) is 11.3. The van der Waals surface area contributed by atoms with E-state index in [1.54, 1.807) is 0 Å². The van der Waals surface area contributed by atoms with E-state index in [4.69, 9.17) is 0 Å². The van der Waals surface area contributed by atoms with Crippen LogP contribution in [-0.4, -0.2) is 16.1 Å². The lowest BCUT2D eigenvalue weighted by atomic mass is 10.2. The van der Waals surface area contributed by atoms with Crippen molar-refractivity contribution in [1.29, 1.82) is 0 Å². The summed E-state index contributed by atoms with van der Waals surface area (Å²) in [5.74, 6) is 1.48. The zero-order valence-corrected chi connectivity index (χ0v) is 9.76. The van der Waals surface area contributed by atoms with Crippen LogP contribution in [0.5, 0.6) is 0 Å². The van der Waals surface area contributed by atoms with E-state index in [0.29, 0.717) is 12.1 Å². The van der Waals surface area contributed by atoms with Gasteiger partial charge in [0.05, 0.1) is 28.6 Å². The molecule has 1 aliphatic heterocycles. The second-order valence-electron chi connectivity index (χ2n) is 4.70. The highest BCUT2D eigenvalue weighted by Crippen LogP contribution is 2.32. The van der Waals surface area contributed by atoms with Gasteiger partial charge in [-0.3, -0.25) is 0 Å². The number of benzene rings is 1. The summed E-state index contributed by atoms with van der Waals surface area (Å²) in [5, 5.41) is 6.73. The average Bonchev–Trinajstić information content (AvgIpc) is 2.74. The molecule has 1 aliphatic rings. The molecule has 0 fully saturated rings. The van der Waals surface area contributed by atoms with Crippen molar-refractivity contribution in [1.82, 2.24) is 9.97 Å². The highest BCUT2D eigenvalue weighted by atomic mass is 15.2. The number of anilines is 2. The van der Waals surface area contributed by atoms with Gasteiger partial charge in [-0.05, 0) is 19.1 Å². The Morgan fingerprint density at radius 2 is 1.88 bits per heavy atom. The second kappa shape index (κ2) is 3.14. The molecule has 1 aromatic carbocycles. The molecule has 0 amide bonds. The van der Waals surface area contributed by atoms with Gasteiger partial charge in [0.25, 0.3) is 0 Å². The molecule has 3 N–H and O–H groups in total. The number of nitrogens with one attached hydrogen (secondary N) is 3. The smallest absolute Gasteiger partial charge is 0.109 e. The Morgan fingerprint density at radius 3 is 2.56 bits per heavy atom. The zero-order valence-electron chi connectivity index (χ0n) is 9.76. The van der Waals surface area contributed by atoms with Gasteiger partial charge in [-0.1, -0.05) is 13.8 Å². The molecular formula is C12H16N4. The minimum Gasteiger partial charge on any atom is -0.364 e. The molecule has 84 valence electrons. The lowest BCUT2D eigenvalue weighted by Crippen LogP contribution is -2.16. The van der Waals surface area contributed by atoms with E-state index in [2.05, 4.69) is 53.5 Å². The first-order valence-corrected chi connectivity index (χ1v) is 5.70. The van der Waals surface area contributed by atoms with Crippen molar-refractivity contribution in [2.75, 3.05) is 10.6 Å². The minimum absolute atomic E-state index is 0.297. The highest BCUT2D eigenvalue weighted by Gasteiger charge is 2.17. The minimum atomic E-state index is 0.297. The van der Waals surface area contributed by atoms with Crippen LogP contribution in [0.25, 0.3) is 11.0 Å². The summed E-state index contributed by atoms with van der Waals surface area (Å²) in [6.07, 6.45) is 0.297. The SMILES string of the molecule is CC1Nc2cc3nc(C(C)C)[nH]c3cc2N1. The highest BCUT2D eigenvalue weighted by molar-refractivity contribution is 5.89. The van der Waals surface area contributed by atoms with Crippen LogP contribution in [0, 0.1) is 0 Å². The lowest BCUT2D eigenvalue weighted by Gasteiger charge is -2.01. The third-order valence-electron chi connectivity index (χ3n) is 2.93. The molecule has 0 bridgehead atoms. The standard InChI is InChI=1S/C12H16N4/c1-6(2)12-15-10-4-8-9(5-11(10)16-12)14-7(3)13-8/h4-7,13-14H,1-3H3,(H,15,16). The van der Waals surface area contributed by atoms with Crippen LogP contribution in [0.2, 0.25) is 0 Å². The monoisotopic (exact) mass is 216 g/mol. The fourth-order valence-electron chi connectivity index (χ4n) is 2.09. The number of H-pyrrole nitrogens is 1. The molecule has 2 aromatic rings. The van der Waals surface area contributed by atoms with Crippen molar-refractivity contribution in [2.24, 2.45) is 0 Å². The van der Waals surface area contributed by atoms with Crippen LogP contribution in [0.3, 0.4) is 0 Å². The molecule has 3 rings (SSSR count). The normalized spacial score (nSPS) is 15.2. The van der Waals surface area contributed by atoms with Crippen molar-refractivity contribution in [3.8, 4) is 0 Å². The van der Waals surface area contributed by atoms with Gasteiger partial charge in [-0.2, -0.15) is 0 Å². The molecule has 0 saturated carbocycles. The van der Waals surface area contributed by atoms with E-state index < -0.39 is 0 Å². The Labute approximate surface area is 94.5 Å². The third kappa shape index (κ3) is 1.33. The summed E-state index contributed by atoms with van der Waals surface area (Å²) in [5.41, 5.74) is 4.43. The van der Waals surface area contributed by atoms with Gasteiger partial charge in [0.1, 0.15) is 5.82 Å². The number of hydrogen-bond donors (Lipinski definition) is 3. The number of rotatable bonds is 1. The Hall–Kier alpha value is -1.71. The van der Waals surface area contributed by atoms with Crippen molar-refractivity contribution in [3.05, 3.63) is 18.0 Å². The maximum absolute atomic E-state index is 4.59. The maximum Gasteiger partial charge on any atom is 0.109 e. The van der Waals surface area contributed by atoms with Crippen molar-refractivity contribution in [2.45, 2.75) is 32.9 Å². The molecule has 1 unspecified atom stereocenters. The van der Waals surface area contributed by atoms with Crippen molar-refractivity contribution in [3.63, 3.8) is 0 Å². The Balaban J connectivity index is 2.14. The van der Waals surface area contributed by atoms with E-state index in [0.717, 1.165) is 28.2 Å². The summed E-state index contributed by atoms with van der Waals surface area (Å²) in [6, 6.07) is 4.23. The molecule has 4 heteroatoms. The first-order valence-electron chi connectivity index (χ1n) is 5.70. The summed E-state index contributed by atoms with van der Waals surface area (Å²) in [6.45, 7) is 6.38. The topological polar surface area (TPSA) is 52.7 Å². The number of imidazole rings is 1. The van der Waals surface area contributed by atoms with E-state index >= 15 is 0 Å². The summed E-state index contributed by atoms with van der Waals surface area (Å²) in [4.78, 5) is 7.95.